The van der Waals surface area contributed by atoms with Crippen LogP contribution in [0.4, 0.5) is 5.82 Å². The van der Waals surface area contributed by atoms with Crippen LogP contribution in [-0.2, 0) is 4.79 Å². The zero-order valence-corrected chi connectivity index (χ0v) is 15.1. The van der Waals surface area contributed by atoms with E-state index in [-0.39, 0.29) is 5.91 Å². The number of carbonyl (C=O) groups is 1. The fraction of sp³-hybridized carbons (Fsp3) is 0.0476. The van der Waals surface area contributed by atoms with Gasteiger partial charge in [-0.15, -0.1) is 11.3 Å². The fourth-order valence-electron chi connectivity index (χ4n) is 3.13. The lowest BCUT2D eigenvalue weighted by atomic mass is 9.99. The van der Waals surface area contributed by atoms with Gasteiger partial charge in [-0.3, -0.25) is 4.79 Å². The molecule has 0 atom stereocenters. The molecule has 0 aliphatic heterocycles. The van der Waals surface area contributed by atoms with Gasteiger partial charge in [0.05, 0.1) is 0 Å². The number of rotatable bonds is 3. The zero-order valence-electron chi connectivity index (χ0n) is 14.2. The molecule has 2 aromatic carbocycles. The highest BCUT2D eigenvalue weighted by molar-refractivity contribution is 7.18. The average molecular weight is 359 g/mol. The number of fused-ring (bicyclic) bond motifs is 2. The predicted molar refractivity (Wildman–Crippen MR) is 110 cm³/mol. The summed E-state index contributed by atoms with van der Waals surface area (Å²) in [6.45, 7) is 3.91. The summed E-state index contributed by atoms with van der Waals surface area (Å²) >= 11 is 1.55. The highest BCUT2D eigenvalue weighted by atomic mass is 32.1. The summed E-state index contributed by atoms with van der Waals surface area (Å²) in [5.41, 5.74) is 9.39. The van der Waals surface area contributed by atoms with Crippen molar-refractivity contribution in [2.75, 3.05) is 12.8 Å². The van der Waals surface area contributed by atoms with Crippen LogP contribution in [0, 0.1) is 0 Å². The quantitative estimate of drug-likeness (QED) is 0.531. The molecule has 26 heavy (non-hydrogen) atoms. The van der Waals surface area contributed by atoms with Crippen LogP contribution in [0.5, 0.6) is 0 Å². The molecule has 4 nitrogen and oxygen atoms in total. The van der Waals surface area contributed by atoms with Crippen molar-refractivity contribution in [1.82, 2.24) is 10.3 Å². The Hall–Kier alpha value is -3.18. The van der Waals surface area contributed by atoms with E-state index < -0.39 is 0 Å². The van der Waals surface area contributed by atoms with Crippen LogP contribution in [0.1, 0.15) is 5.56 Å². The van der Waals surface area contributed by atoms with Crippen molar-refractivity contribution in [3.8, 4) is 11.1 Å². The largest absolute Gasteiger partial charge is 0.383 e. The van der Waals surface area contributed by atoms with Gasteiger partial charge in [0.1, 0.15) is 5.82 Å². The molecule has 0 aliphatic rings. The Labute approximate surface area is 155 Å². The molecule has 0 fully saturated rings. The van der Waals surface area contributed by atoms with Gasteiger partial charge in [-0.1, -0.05) is 43.0 Å². The highest BCUT2D eigenvalue weighted by Gasteiger charge is 2.18. The number of benzene rings is 2. The summed E-state index contributed by atoms with van der Waals surface area (Å²) < 4.78 is 0.925. The first-order valence-electron chi connectivity index (χ1n) is 8.16. The van der Waals surface area contributed by atoms with Crippen LogP contribution in [-0.4, -0.2) is 17.9 Å². The normalized spacial score (nSPS) is 11.0. The topological polar surface area (TPSA) is 68.0 Å². The summed E-state index contributed by atoms with van der Waals surface area (Å²) in [7, 11) is 1.59. The molecular weight excluding hydrogens is 342 g/mol. The number of nitrogens with one attached hydrogen (secondary N) is 1. The molecule has 0 aliphatic carbocycles. The molecule has 128 valence electrons. The monoisotopic (exact) mass is 359 g/mol. The first kappa shape index (κ1) is 16.3. The number of anilines is 1. The third-order valence-corrected chi connectivity index (χ3v) is 5.52. The molecule has 0 radical (unpaired) electrons. The Morgan fingerprint density at radius 3 is 2.73 bits per heavy atom. The first-order valence-corrected chi connectivity index (χ1v) is 9.04. The second-order valence-electron chi connectivity index (χ2n) is 6.03. The minimum absolute atomic E-state index is 0.224. The van der Waals surface area contributed by atoms with Crippen molar-refractivity contribution in [2.24, 2.45) is 0 Å². The second-order valence-corrected chi connectivity index (χ2v) is 6.91. The smallest absolute Gasteiger partial charge is 0.251 e. The van der Waals surface area contributed by atoms with Gasteiger partial charge in [0, 0.05) is 40.0 Å². The van der Waals surface area contributed by atoms with Gasteiger partial charge >= 0.3 is 0 Å². The maximum Gasteiger partial charge on any atom is 0.251 e. The number of nitrogens with two attached hydrogens (primary N) is 1. The summed E-state index contributed by atoms with van der Waals surface area (Å²) in [5.74, 6) is 0.233. The maximum absolute atomic E-state index is 12.0. The molecule has 5 heteroatoms. The van der Waals surface area contributed by atoms with Crippen LogP contribution < -0.4 is 11.1 Å². The second kappa shape index (κ2) is 6.28. The summed E-state index contributed by atoms with van der Waals surface area (Å²) in [5, 5.41) is 7.90. The maximum atomic E-state index is 12.0. The molecule has 0 bridgehead atoms. The van der Waals surface area contributed by atoms with Crippen LogP contribution in [0.15, 0.2) is 60.6 Å². The minimum Gasteiger partial charge on any atom is -0.383 e. The Balaban J connectivity index is 1.93. The molecule has 2 aromatic heterocycles. The van der Waals surface area contributed by atoms with E-state index in [0.717, 1.165) is 21.2 Å². The van der Waals surface area contributed by atoms with Gasteiger partial charge in [0.2, 0.25) is 0 Å². The molecule has 1 amide bonds. The van der Waals surface area contributed by atoms with E-state index in [4.69, 9.17) is 5.73 Å². The van der Waals surface area contributed by atoms with E-state index in [1.807, 2.05) is 12.1 Å². The van der Waals surface area contributed by atoms with Crippen molar-refractivity contribution in [3.63, 3.8) is 0 Å². The Morgan fingerprint density at radius 1 is 1.19 bits per heavy atom. The first-order chi connectivity index (χ1) is 12.6. The van der Waals surface area contributed by atoms with Gasteiger partial charge in [0.25, 0.3) is 5.91 Å². The van der Waals surface area contributed by atoms with Crippen molar-refractivity contribution in [1.29, 1.82) is 0 Å². The summed E-state index contributed by atoms with van der Waals surface area (Å²) in [4.78, 5) is 16.3. The van der Waals surface area contributed by atoms with Gasteiger partial charge in [-0.05, 0) is 27.8 Å². The molecule has 0 unspecified atom stereocenters. The van der Waals surface area contributed by atoms with E-state index in [9.17, 15) is 4.79 Å². The third kappa shape index (κ3) is 2.53. The number of hydrogen-bond acceptors (Lipinski definition) is 4. The van der Waals surface area contributed by atoms with E-state index in [1.54, 1.807) is 24.6 Å². The number of aromatic nitrogens is 1. The molecule has 0 saturated carbocycles. The summed E-state index contributed by atoms with van der Waals surface area (Å²) in [6.07, 6.45) is 1.62. The highest BCUT2D eigenvalue weighted by Crippen LogP contribution is 2.40. The molecule has 0 spiro atoms. The van der Waals surface area contributed by atoms with Crippen LogP contribution in [0.2, 0.25) is 0 Å². The number of carbonyl (C=O) groups excluding carboxylic acids is 1. The number of likely N-dealkylation sites (N-methyl/N-ethyl adjacent to an activating group) is 1. The molecule has 3 N–H and O–H groups in total. The van der Waals surface area contributed by atoms with Crippen molar-refractivity contribution >= 4 is 49.5 Å². The van der Waals surface area contributed by atoms with Gasteiger partial charge in [-0.2, -0.15) is 0 Å². The number of hydrogen-bond donors (Lipinski definition) is 2. The number of nitrogen functional groups attached to an aromatic ring is 1. The van der Waals surface area contributed by atoms with Gasteiger partial charge < -0.3 is 11.1 Å². The van der Waals surface area contributed by atoms with Gasteiger partial charge in [0.15, 0.2) is 0 Å². The lowest BCUT2D eigenvalue weighted by molar-refractivity contribution is -0.115. The predicted octanol–water partition coefficient (Wildman–Crippen LogP) is 4.46. The van der Waals surface area contributed by atoms with E-state index in [2.05, 4.69) is 52.6 Å². The van der Waals surface area contributed by atoms with E-state index in [0.29, 0.717) is 17.0 Å². The van der Waals surface area contributed by atoms with Gasteiger partial charge in [-0.25, -0.2) is 4.98 Å². The van der Waals surface area contributed by atoms with Crippen LogP contribution >= 0.6 is 11.3 Å². The molecule has 4 aromatic rings. The average Bonchev–Trinajstić information content (AvgIpc) is 3.13. The van der Waals surface area contributed by atoms with E-state index >= 15 is 0 Å². The molecule has 2 heterocycles. The number of pyridine rings is 1. The van der Waals surface area contributed by atoms with Crippen molar-refractivity contribution in [2.45, 2.75) is 0 Å². The number of amides is 1. The van der Waals surface area contributed by atoms with E-state index in [1.165, 1.54) is 10.8 Å². The lowest BCUT2D eigenvalue weighted by Crippen LogP contribution is -2.18. The molecule has 4 rings (SSSR count). The lowest BCUT2D eigenvalue weighted by Gasteiger charge is -2.08. The van der Waals surface area contributed by atoms with Crippen LogP contribution in [0.3, 0.4) is 0 Å². The Morgan fingerprint density at radius 2 is 1.96 bits per heavy atom. The molecular formula is C21H17N3OS. The minimum atomic E-state index is -0.224. The van der Waals surface area contributed by atoms with Crippen LogP contribution in [0.25, 0.3) is 37.6 Å². The summed E-state index contributed by atoms with van der Waals surface area (Å²) in [6, 6.07) is 14.6. The Bertz CT molecular complexity index is 1180. The SMILES string of the molecule is C=C(C(=O)NC)c1cnc(N)c2c(-c3ccc4ccccc4c3)csc12. The fourth-order valence-corrected chi connectivity index (χ4v) is 4.25. The third-order valence-electron chi connectivity index (χ3n) is 4.51. The number of thiophene rings is 1. The number of nitrogens with zero attached hydrogens (tertiary/aromatic N) is 1. The van der Waals surface area contributed by atoms with Crippen molar-refractivity contribution < 1.29 is 4.79 Å². The Kier molecular flexibility index (Phi) is 3.93. The zero-order chi connectivity index (χ0) is 18.3. The standard InChI is InChI=1S/C21H17N3OS/c1-12(21(25)23-2)16-10-24-20(22)18-17(11-26-19(16)18)15-8-7-13-5-3-4-6-14(13)9-15/h3-11H,1H2,2H3,(H2,22,24)(H,23,25). The van der Waals surface area contributed by atoms with Crippen molar-refractivity contribution in [3.05, 3.63) is 66.2 Å². The molecule has 0 saturated heterocycles.